The largest absolute Gasteiger partial charge is 0.485 e. The van der Waals surface area contributed by atoms with E-state index in [-0.39, 0.29) is 0 Å². The van der Waals surface area contributed by atoms with Gasteiger partial charge in [-0.15, -0.1) is 0 Å². The quantitative estimate of drug-likeness (QED) is 0.778. The Hall–Kier alpha value is -0.850. The zero-order valence-corrected chi connectivity index (χ0v) is 15.4. The van der Waals surface area contributed by atoms with E-state index < -0.39 is 0 Å². The van der Waals surface area contributed by atoms with Crippen molar-refractivity contribution in [3.05, 3.63) is 44.1 Å². The number of aryl methyl sites for hydroxylation is 2. The molecule has 0 bridgehead atoms. The van der Waals surface area contributed by atoms with E-state index in [4.69, 9.17) is 10.5 Å². The van der Waals surface area contributed by atoms with Crippen LogP contribution in [0.25, 0.3) is 0 Å². The molecule has 21 heavy (non-hydrogen) atoms. The van der Waals surface area contributed by atoms with Crippen molar-refractivity contribution in [2.45, 2.75) is 33.4 Å². The molecule has 0 aliphatic carbocycles. The molecule has 6 heteroatoms. The predicted molar refractivity (Wildman–Crippen MR) is 91.6 cm³/mol. The van der Waals surface area contributed by atoms with Gasteiger partial charge in [-0.3, -0.25) is 4.68 Å². The zero-order chi connectivity index (χ0) is 15.4. The lowest BCUT2D eigenvalue weighted by molar-refractivity contribution is 0.289. The van der Waals surface area contributed by atoms with E-state index in [1.54, 1.807) is 0 Å². The second-order valence-corrected chi connectivity index (χ2v) is 6.52. The van der Waals surface area contributed by atoms with Crippen molar-refractivity contribution in [2.24, 2.45) is 5.73 Å². The van der Waals surface area contributed by atoms with E-state index in [0.717, 1.165) is 39.0 Å². The van der Waals surface area contributed by atoms with Gasteiger partial charge in [-0.05, 0) is 82.4 Å². The van der Waals surface area contributed by atoms with Crippen molar-refractivity contribution < 1.29 is 4.74 Å². The van der Waals surface area contributed by atoms with Crippen molar-refractivity contribution in [3.63, 3.8) is 0 Å². The van der Waals surface area contributed by atoms with Crippen molar-refractivity contribution in [3.8, 4) is 5.75 Å². The molecule has 0 unspecified atom stereocenters. The van der Waals surface area contributed by atoms with Crippen molar-refractivity contribution >= 4 is 31.9 Å². The summed E-state index contributed by atoms with van der Waals surface area (Å²) in [6, 6.07) is 6.15. The summed E-state index contributed by atoms with van der Waals surface area (Å²) in [5.74, 6) is 0.803. The molecule has 0 saturated carbocycles. The minimum Gasteiger partial charge on any atom is -0.485 e. The maximum absolute atomic E-state index is 5.96. The van der Waals surface area contributed by atoms with Crippen LogP contribution in [0.4, 0.5) is 0 Å². The van der Waals surface area contributed by atoms with Crippen molar-refractivity contribution in [2.75, 3.05) is 6.54 Å². The van der Waals surface area contributed by atoms with Crippen molar-refractivity contribution in [1.82, 2.24) is 9.78 Å². The Morgan fingerprint density at radius 3 is 2.48 bits per heavy atom. The minimum atomic E-state index is 0.488. The lowest BCUT2D eigenvalue weighted by Crippen LogP contribution is -2.07. The Kier molecular flexibility index (Phi) is 5.84. The number of aromatic nitrogens is 2. The number of benzene rings is 1. The number of hydrogen-bond acceptors (Lipinski definition) is 3. The highest BCUT2D eigenvalue weighted by Gasteiger charge is 2.11. The van der Waals surface area contributed by atoms with Gasteiger partial charge in [0.15, 0.2) is 0 Å². The van der Waals surface area contributed by atoms with E-state index in [9.17, 15) is 0 Å². The van der Waals surface area contributed by atoms with Crippen LogP contribution in [0.15, 0.2) is 27.1 Å². The van der Waals surface area contributed by atoms with Gasteiger partial charge in [0.25, 0.3) is 0 Å². The first kappa shape index (κ1) is 16.5. The first-order chi connectivity index (χ1) is 10.0. The van der Waals surface area contributed by atoms with Crippen molar-refractivity contribution in [1.29, 1.82) is 0 Å². The van der Waals surface area contributed by atoms with E-state index >= 15 is 0 Å². The molecule has 0 spiro atoms. The highest BCUT2D eigenvalue weighted by Crippen LogP contribution is 2.35. The van der Waals surface area contributed by atoms with E-state index in [2.05, 4.69) is 56.0 Å². The minimum absolute atomic E-state index is 0.488. The smallest absolute Gasteiger partial charge is 0.148 e. The number of nitrogens with two attached hydrogens (primary N) is 1. The molecule has 0 aliphatic rings. The molecule has 2 aromatic rings. The number of halogens is 2. The summed E-state index contributed by atoms with van der Waals surface area (Å²) in [6.07, 6.45) is 0.847. The van der Waals surface area contributed by atoms with E-state index in [1.165, 1.54) is 5.56 Å². The molecular weight excluding hydrogens is 398 g/mol. The second kappa shape index (κ2) is 7.42. The third-order valence-corrected chi connectivity index (χ3v) is 4.32. The van der Waals surface area contributed by atoms with Gasteiger partial charge in [0.2, 0.25) is 0 Å². The number of ether oxygens (including phenoxy) is 1. The van der Waals surface area contributed by atoms with Gasteiger partial charge < -0.3 is 10.5 Å². The fraction of sp³-hybridized carbons (Fsp3) is 0.400. The number of hydrogen-bond donors (Lipinski definition) is 1. The molecule has 2 rings (SSSR count). The average Bonchev–Trinajstić information content (AvgIpc) is 2.78. The summed E-state index contributed by atoms with van der Waals surface area (Å²) in [4.78, 5) is 0. The molecule has 0 atom stereocenters. The molecule has 0 aliphatic heterocycles. The van der Waals surface area contributed by atoms with Crippen LogP contribution in [0.2, 0.25) is 0 Å². The van der Waals surface area contributed by atoms with Crippen LogP contribution in [0.1, 0.15) is 23.9 Å². The summed E-state index contributed by atoms with van der Waals surface area (Å²) in [5, 5.41) is 4.42. The predicted octanol–water partition coefficient (Wildman–Crippen LogP) is 3.82. The van der Waals surface area contributed by atoms with Crippen LogP contribution < -0.4 is 10.5 Å². The molecule has 0 saturated heterocycles. The van der Waals surface area contributed by atoms with Crippen LogP contribution in [-0.4, -0.2) is 16.3 Å². The normalized spacial score (nSPS) is 10.9. The summed E-state index contributed by atoms with van der Waals surface area (Å²) < 4.78 is 9.78. The second-order valence-electron chi connectivity index (χ2n) is 4.81. The molecule has 1 heterocycles. The van der Waals surface area contributed by atoms with E-state index in [0.29, 0.717) is 13.2 Å². The Bertz CT molecular complexity index is 602. The van der Waals surface area contributed by atoms with Gasteiger partial charge in [0.1, 0.15) is 12.4 Å². The van der Waals surface area contributed by atoms with Gasteiger partial charge in [0, 0.05) is 6.54 Å². The Balaban J connectivity index is 2.16. The molecule has 2 N–H and O–H groups in total. The molecule has 1 aromatic heterocycles. The number of rotatable bonds is 6. The number of nitrogens with zero attached hydrogens (tertiary/aromatic N) is 2. The molecule has 0 radical (unpaired) electrons. The summed E-state index contributed by atoms with van der Waals surface area (Å²) in [6.45, 7) is 6.02. The lowest BCUT2D eigenvalue weighted by Gasteiger charge is -2.12. The maximum Gasteiger partial charge on any atom is 0.148 e. The topological polar surface area (TPSA) is 53.1 Å². The van der Waals surface area contributed by atoms with Crippen LogP contribution in [0.5, 0.6) is 5.75 Å². The Labute approximate surface area is 141 Å². The van der Waals surface area contributed by atoms with Crippen LogP contribution in [-0.2, 0) is 19.6 Å². The standard InChI is InChI=1S/C15H19Br2N3O/c1-3-20-12(6-10(2)19-20)9-21-15-13(16)7-11(4-5-18)8-14(15)17/h6-8H,3-5,9,18H2,1-2H3. The van der Waals surface area contributed by atoms with Gasteiger partial charge in [0.05, 0.1) is 20.3 Å². The third-order valence-electron chi connectivity index (χ3n) is 3.14. The summed E-state index contributed by atoms with van der Waals surface area (Å²) in [7, 11) is 0. The summed E-state index contributed by atoms with van der Waals surface area (Å²) in [5.41, 5.74) is 8.85. The van der Waals surface area contributed by atoms with Crippen LogP contribution in [0, 0.1) is 6.92 Å². The highest BCUT2D eigenvalue weighted by atomic mass is 79.9. The SMILES string of the molecule is CCn1nc(C)cc1COc1c(Br)cc(CCN)cc1Br. The molecule has 114 valence electrons. The third kappa shape index (κ3) is 4.08. The zero-order valence-electron chi connectivity index (χ0n) is 12.2. The van der Waals surface area contributed by atoms with E-state index in [1.807, 2.05) is 17.7 Å². The first-order valence-corrected chi connectivity index (χ1v) is 8.47. The van der Waals surface area contributed by atoms with Gasteiger partial charge in [-0.1, -0.05) is 0 Å². The van der Waals surface area contributed by atoms with Crippen LogP contribution in [0.3, 0.4) is 0 Å². The maximum atomic E-state index is 5.96. The van der Waals surface area contributed by atoms with Gasteiger partial charge in [-0.2, -0.15) is 5.10 Å². The van der Waals surface area contributed by atoms with Gasteiger partial charge in [-0.25, -0.2) is 0 Å². The Morgan fingerprint density at radius 1 is 1.24 bits per heavy atom. The lowest BCUT2D eigenvalue weighted by atomic mass is 10.1. The highest BCUT2D eigenvalue weighted by molar-refractivity contribution is 9.11. The monoisotopic (exact) mass is 415 g/mol. The fourth-order valence-electron chi connectivity index (χ4n) is 2.20. The molecule has 4 nitrogen and oxygen atoms in total. The molecule has 1 aromatic carbocycles. The summed E-state index contributed by atoms with van der Waals surface area (Å²) >= 11 is 7.13. The molecule has 0 amide bonds. The first-order valence-electron chi connectivity index (χ1n) is 6.89. The Morgan fingerprint density at radius 2 is 1.90 bits per heavy atom. The average molecular weight is 417 g/mol. The van der Waals surface area contributed by atoms with Gasteiger partial charge >= 0.3 is 0 Å². The molecule has 0 fully saturated rings. The fourth-order valence-corrected chi connectivity index (χ4v) is 3.71. The van der Waals surface area contributed by atoms with Crippen LogP contribution >= 0.6 is 31.9 Å². The molecular formula is C15H19Br2N3O.